The fourth-order valence-electron chi connectivity index (χ4n) is 3.11. The second kappa shape index (κ2) is 8.53. The highest BCUT2D eigenvalue weighted by Gasteiger charge is 2.13. The number of benzene rings is 2. The first-order valence-corrected chi connectivity index (χ1v) is 9.53. The number of nitrogens with zero attached hydrogens (tertiary/aromatic N) is 4. The molecule has 0 fully saturated rings. The lowest BCUT2D eigenvalue weighted by Gasteiger charge is -2.11. The van der Waals surface area contributed by atoms with Crippen molar-refractivity contribution in [1.29, 1.82) is 0 Å². The summed E-state index contributed by atoms with van der Waals surface area (Å²) in [5.74, 6) is -0.292. The Kier molecular flexibility index (Phi) is 5.48. The van der Waals surface area contributed by atoms with Gasteiger partial charge in [0.15, 0.2) is 0 Å². The minimum absolute atomic E-state index is 0.292. The van der Waals surface area contributed by atoms with E-state index >= 15 is 0 Å². The van der Waals surface area contributed by atoms with E-state index in [1.54, 1.807) is 24.7 Å². The van der Waals surface area contributed by atoms with Crippen molar-refractivity contribution in [3.05, 3.63) is 90.3 Å². The molecule has 0 spiro atoms. The Balaban J connectivity index is 1.61. The minimum Gasteiger partial charge on any atom is -0.378 e. The quantitative estimate of drug-likeness (QED) is 0.407. The molecule has 4 rings (SSSR count). The van der Waals surface area contributed by atoms with Crippen LogP contribution in [0.25, 0.3) is 22.2 Å². The van der Waals surface area contributed by atoms with Gasteiger partial charge in [0, 0.05) is 43.1 Å². The van der Waals surface area contributed by atoms with E-state index in [0.29, 0.717) is 11.3 Å². The summed E-state index contributed by atoms with van der Waals surface area (Å²) in [6, 6.07) is 21.0. The van der Waals surface area contributed by atoms with Crippen LogP contribution in [-0.4, -0.2) is 36.2 Å². The number of pyridine rings is 2. The second-order valence-electron chi connectivity index (χ2n) is 7.00. The summed E-state index contributed by atoms with van der Waals surface area (Å²) in [5, 5.41) is 4.90. The van der Waals surface area contributed by atoms with Crippen LogP contribution < -0.4 is 10.3 Å². The van der Waals surface area contributed by atoms with E-state index in [-0.39, 0.29) is 5.91 Å². The fraction of sp³-hybridized carbons (Fsp3) is 0.0833. The maximum atomic E-state index is 12.9. The van der Waals surface area contributed by atoms with Crippen molar-refractivity contribution < 1.29 is 4.79 Å². The maximum absolute atomic E-state index is 12.9. The summed E-state index contributed by atoms with van der Waals surface area (Å²) >= 11 is 0. The van der Waals surface area contributed by atoms with Crippen molar-refractivity contribution in [2.24, 2.45) is 5.10 Å². The number of fused-ring (bicyclic) bond motifs is 1. The van der Waals surface area contributed by atoms with Crippen LogP contribution in [-0.2, 0) is 0 Å². The van der Waals surface area contributed by atoms with Gasteiger partial charge in [0.2, 0.25) is 0 Å². The topological polar surface area (TPSA) is 70.5 Å². The van der Waals surface area contributed by atoms with Crippen molar-refractivity contribution >= 4 is 28.7 Å². The van der Waals surface area contributed by atoms with Crippen LogP contribution in [0.5, 0.6) is 0 Å². The Morgan fingerprint density at radius 3 is 2.57 bits per heavy atom. The van der Waals surface area contributed by atoms with Gasteiger partial charge in [-0.15, -0.1) is 0 Å². The fourth-order valence-corrected chi connectivity index (χ4v) is 3.11. The minimum atomic E-state index is -0.292. The Morgan fingerprint density at radius 1 is 1.03 bits per heavy atom. The molecule has 6 heteroatoms. The molecular formula is C24H21N5O. The van der Waals surface area contributed by atoms with Gasteiger partial charge < -0.3 is 4.90 Å². The molecule has 1 amide bonds. The molecule has 2 heterocycles. The largest absolute Gasteiger partial charge is 0.378 e. The van der Waals surface area contributed by atoms with Gasteiger partial charge in [-0.3, -0.25) is 9.78 Å². The Morgan fingerprint density at radius 2 is 1.83 bits per heavy atom. The van der Waals surface area contributed by atoms with E-state index < -0.39 is 0 Å². The molecule has 6 nitrogen and oxygen atoms in total. The molecule has 148 valence electrons. The molecule has 0 unspecified atom stereocenters. The molecule has 2 aromatic carbocycles. The van der Waals surface area contributed by atoms with Crippen LogP contribution in [0, 0.1) is 0 Å². The van der Waals surface area contributed by atoms with Crippen LogP contribution in [0.4, 0.5) is 5.69 Å². The molecule has 0 aliphatic carbocycles. The van der Waals surface area contributed by atoms with E-state index in [1.165, 1.54) is 0 Å². The summed E-state index contributed by atoms with van der Waals surface area (Å²) in [4.78, 5) is 23.8. The number of carbonyl (C=O) groups excluding carboxylic acids is 1. The highest BCUT2D eigenvalue weighted by Crippen LogP contribution is 2.24. The van der Waals surface area contributed by atoms with Crippen molar-refractivity contribution in [1.82, 2.24) is 15.4 Å². The molecule has 0 saturated heterocycles. The number of aromatic nitrogens is 2. The van der Waals surface area contributed by atoms with Gasteiger partial charge in [0.05, 0.1) is 23.0 Å². The number of rotatable bonds is 5. The summed E-state index contributed by atoms with van der Waals surface area (Å²) < 4.78 is 0. The van der Waals surface area contributed by atoms with Gasteiger partial charge in [0.25, 0.3) is 5.91 Å². The summed E-state index contributed by atoms with van der Waals surface area (Å²) in [7, 11) is 3.98. The molecule has 0 aliphatic heterocycles. The number of hydrazone groups is 1. The molecule has 0 atom stereocenters. The average molecular weight is 395 g/mol. The van der Waals surface area contributed by atoms with Crippen molar-refractivity contribution in [2.45, 2.75) is 0 Å². The zero-order valence-electron chi connectivity index (χ0n) is 16.8. The molecule has 1 N–H and O–H groups in total. The zero-order chi connectivity index (χ0) is 20.9. The number of carbonyl (C=O) groups is 1. The molecule has 4 aromatic rings. The SMILES string of the molecule is CN(C)c1ccc(C=NNC(=O)c2cc(-c3cccnc3)nc3ccccc23)cc1. The molecule has 2 aromatic heterocycles. The molecule has 0 saturated carbocycles. The van der Waals surface area contributed by atoms with E-state index in [9.17, 15) is 4.79 Å². The number of amides is 1. The van der Waals surface area contributed by atoms with E-state index in [1.807, 2.05) is 79.7 Å². The summed E-state index contributed by atoms with van der Waals surface area (Å²) in [6.07, 6.45) is 5.06. The van der Waals surface area contributed by atoms with E-state index in [2.05, 4.69) is 20.5 Å². The average Bonchev–Trinajstić information content (AvgIpc) is 2.79. The lowest BCUT2D eigenvalue weighted by atomic mass is 10.0. The third-order valence-corrected chi connectivity index (χ3v) is 4.71. The number of hydrogen-bond donors (Lipinski definition) is 1. The predicted octanol–water partition coefficient (Wildman–Crippen LogP) is 4.13. The van der Waals surface area contributed by atoms with Crippen molar-refractivity contribution in [3.63, 3.8) is 0 Å². The smallest absolute Gasteiger partial charge is 0.272 e. The third kappa shape index (κ3) is 4.17. The molecule has 0 aliphatic rings. The maximum Gasteiger partial charge on any atom is 0.272 e. The first kappa shape index (κ1) is 19.3. The predicted molar refractivity (Wildman–Crippen MR) is 121 cm³/mol. The van der Waals surface area contributed by atoms with Crippen LogP contribution in [0.15, 0.2) is 84.2 Å². The number of para-hydroxylation sites is 1. The van der Waals surface area contributed by atoms with Crippen molar-refractivity contribution in [3.8, 4) is 11.3 Å². The Bertz CT molecular complexity index is 1200. The number of nitrogens with one attached hydrogen (secondary N) is 1. The summed E-state index contributed by atoms with van der Waals surface area (Å²) in [5.41, 5.74) is 7.43. The van der Waals surface area contributed by atoms with Gasteiger partial charge in [0.1, 0.15) is 0 Å². The highest BCUT2D eigenvalue weighted by atomic mass is 16.2. The zero-order valence-corrected chi connectivity index (χ0v) is 16.8. The van der Waals surface area contributed by atoms with Gasteiger partial charge >= 0.3 is 0 Å². The van der Waals surface area contributed by atoms with Gasteiger partial charge in [-0.1, -0.05) is 30.3 Å². The van der Waals surface area contributed by atoms with Crippen LogP contribution in [0.2, 0.25) is 0 Å². The highest BCUT2D eigenvalue weighted by molar-refractivity contribution is 6.07. The van der Waals surface area contributed by atoms with E-state index in [4.69, 9.17) is 0 Å². The van der Waals surface area contributed by atoms with Gasteiger partial charge in [-0.2, -0.15) is 5.10 Å². The Hall–Kier alpha value is -4.06. The first-order chi connectivity index (χ1) is 14.6. The Labute approximate surface area is 174 Å². The first-order valence-electron chi connectivity index (χ1n) is 9.53. The monoisotopic (exact) mass is 395 g/mol. The second-order valence-corrected chi connectivity index (χ2v) is 7.00. The van der Waals surface area contributed by atoms with Gasteiger partial charge in [-0.05, 0) is 42.0 Å². The number of hydrogen-bond acceptors (Lipinski definition) is 5. The standard InChI is InChI=1S/C24H21N5O/c1-29(2)19-11-9-17(10-12-19)15-26-28-24(30)21-14-23(18-6-5-13-25-16-18)27-22-8-4-3-7-20(21)22/h3-16H,1-2H3,(H,28,30). The third-order valence-electron chi connectivity index (χ3n) is 4.71. The lowest BCUT2D eigenvalue weighted by Crippen LogP contribution is -2.18. The van der Waals surface area contributed by atoms with Crippen LogP contribution in [0.1, 0.15) is 15.9 Å². The van der Waals surface area contributed by atoms with Crippen LogP contribution in [0.3, 0.4) is 0 Å². The normalized spacial score (nSPS) is 11.0. The molecule has 0 bridgehead atoms. The number of anilines is 1. The van der Waals surface area contributed by atoms with Crippen LogP contribution >= 0.6 is 0 Å². The van der Waals surface area contributed by atoms with E-state index in [0.717, 1.165) is 27.7 Å². The van der Waals surface area contributed by atoms with Gasteiger partial charge in [-0.25, -0.2) is 10.4 Å². The molecular weight excluding hydrogens is 374 g/mol. The molecule has 0 radical (unpaired) electrons. The molecule has 30 heavy (non-hydrogen) atoms. The van der Waals surface area contributed by atoms with Crippen molar-refractivity contribution in [2.75, 3.05) is 19.0 Å². The summed E-state index contributed by atoms with van der Waals surface area (Å²) in [6.45, 7) is 0. The lowest BCUT2D eigenvalue weighted by molar-refractivity contribution is 0.0956.